The summed E-state index contributed by atoms with van der Waals surface area (Å²) in [7, 11) is 0. The van der Waals surface area contributed by atoms with Gasteiger partial charge in [0, 0.05) is 17.2 Å². The van der Waals surface area contributed by atoms with Gasteiger partial charge in [0.05, 0.1) is 10.1 Å². The summed E-state index contributed by atoms with van der Waals surface area (Å²) in [5.74, 6) is 0.0621. The van der Waals surface area contributed by atoms with Gasteiger partial charge in [0.2, 0.25) is 5.91 Å². The van der Waals surface area contributed by atoms with Crippen LogP contribution in [-0.4, -0.2) is 40.2 Å². The number of carboxylic acid groups (broad SMARTS) is 1. The van der Waals surface area contributed by atoms with Crippen molar-refractivity contribution in [3.05, 3.63) is 21.3 Å². The molecule has 7 heteroatoms. The number of carbonyl (C=O) groups excluding carboxylic acids is 1. The highest BCUT2D eigenvalue weighted by molar-refractivity contribution is 7.99. The lowest BCUT2D eigenvalue weighted by Gasteiger charge is -2.21. The number of carboxylic acids is 1. The van der Waals surface area contributed by atoms with Gasteiger partial charge in [-0.25, -0.2) is 4.79 Å². The Bertz CT molecular complexity index is 477. The highest BCUT2D eigenvalue weighted by Crippen LogP contribution is 2.26. The van der Waals surface area contributed by atoms with E-state index < -0.39 is 12.0 Å². The van der Waals surface area contributed by atoms with Crippen molar-refractivity contribution < 1.29 is 14.7 Å². The number of thiophene rings is 1. The third kappa shape index (κ3) is 3.87. The van der Waals surface area contributed by atoms with Crippen molar-refractivity contribution in [2.24, 2.45) is 0 Å². The van der Waals surface area contributed by atoms with Gasteiger partial charge in [0.25, 0.3) is 0 Å². The van der Waals surface area contributed by atoms with E-state index in [1.165, 1.54) is 28.0 Å². The molecule has 19 heavy (non-hydrogen) atoms. The Hall–Kier alpha value is -0.720. The van der Waals surface area contributed by atoms with Crippen LogP contribution in [0.2, 0.25) is 4.34 Å². The van der Waals surface area contributed by atoms with Crippen LogP contribution in [0.15, 0.2) is 12.1 Å². The molecule has 1 fully saturated rings. The number of amides is 1. The molecule has 1 aromatic rings. The van der Waals surface area contributed by atoms with E-state index in [9.17, 15) is 9.59 Å². The monoisotopic (exact) mass is 319 g/mol. The summed E-state index contributed by atoms with van der Waals surface area (Å²) in [5.41, 5.74) is 0. The summed E-state index contributed by atoms with van der Waals surface area (Å²) in [6.07, 6.45) is 1.33. The maximum absolute atomic E-state index is 12.0. The van der Waals surface area contributed by atoms with Crippen molar-refractivity contribution in [3.63, 3.8) is 0 Å². The summed E-state index contributed by atoms with van der Waals surface area (Å²) in [6, 6.07) is 3.15. The number of halogens is 1. The van der Waals surface area contributed by atoms with Gasteiger partial charge in [-0.05, 0) is 25.0 Å². The first kappa shape index (κ1) is 14.7. The molecule has 1 N–H and O–H groups in total. The zero-order chi connectivity index (χ0) is 13.8. The van der Waals surface area contributed by atoms with E-state index in [1.807, 2.05) is 12.1 Å². The fourth-order valence-electron chi connectivity index (χ4n) is 2.07. The molecule has 0 spiro atoms. The van der Waals surface area contributed by atoms with Crippen LogP contribution >= 0.6 is 34.7 Å². The smallest absolute Gasteiger partial charge is 0.326 e. The fraction of sp³-hybridized carbons (Fsp3) is 0.500. The summed E-state index contributed by atoms with van der Waals surface area (Å²) in [6.45, 7) is 0.557. The van der Waals surface area contributed by atoms with Crippen LogP contribution < -0.4 is 0 Å². The Labute approximate surface area is 124 Å². The predicted octanol–water partition coefficient (Wildman–Crippen LogP) is 2.71. The number of likely N-dealkylation sites (tertiary alicyclic amines) is 1. The van der Waals surface area contributed by atoms with Crippen LogP contribution in [0.4, 0.5) is 0 Å². The highest BCUT2D eigenvalue weighted by Gasteiger charge is 2.33. The Morgan fingerprint density at radius 3 is 2.95 bits per heavy atom. The number of thioether (sulfide) groups is 1. The van der Waals surface area contributed by atoms with E-state index in [2.05, 4.69) is 0 Å². The second kappa shape index (κ2) is 6.63. The minimum Gasteiger partial charge on any atom is -0.480 e. The van der Waals surface area contributed by atoms with Crippen molar-refractivity contribution in [2.45, 2.75) is 24.6 Å². The molecule has 104 valence electrons. The lowest BCUT2D eigenvalue weighted by atomic mass is 10.2. The van der Waals surface area contributed by atoms with Gasteiger partial charge in [-0.2, -0.15) is 0 Å². The SMILES string of the molecule is O=C(O)[C@@H]1CCCN1C(=O)CSCc1ccc(Cl)s1. The molecule has 1 aromatic heterocycles. The van der Waals surface area contributed by atoms with Crippen LogP contribution in [0.5, 0.6) is 0 Å². The standard InChI is InChI=1S/C12H14ClNO3S2/c13-10-4-3-8(19-10)6-18-7-11(15)14-5-1-2-9(14)12(16)17/h3-4,9H,1-2,5-7H2,(H,16,17)/t9-/m0/s1. The van der Waals surface area contributed by atoms with Gasteiger partial charge in [-0.3, -0.25) is 4.79 Å². The first-order chi connectivity index (χ1) is 9.08. The van der Waals surface area contributed by atoms with E-state index in [0.717, 1.165) is 21.4 Å². The molecule has 0 radical (unpaired) electrons. The van der Waals surface area contributed by atoms with Crippen molar-refractivity contribution in [3.8, 4) is 0 Å². The molecule has 1 saturated heterocycles. The molecule has 1 amide bonds. The lowest BCUT2D eigenvalue weighted by molar-refractivity contribution is -0.147. The summed E-state index contributed by atoms with van der Waals surface area (Å²) < 4.78 is 0.743. The van der Waals surface area contributed by atoms with E-state index in [4.69, 9.17) is 16.7 Å². The van der Waals surface area contributed by atoms with Crippen LogP contribution in [0, 0.1) is 0 Å². The second-order valence-corrected chi connectivity index (χ2v) is 7.07. The van der Waals surface area contributed by atoms with Gasteiger partial charge < -0.3 is 10.0 Å². The van der Waals surface area contributed by atoms with E-state index in [1.54, 1.807) is 0 Å². The zero-order valence-corrected chi connectivity index (χ0v) is 12.6. The summed E-state index contributed by atoms with van der Waals surface area (Å²) in [5, 5.41) is 9.03. The molecule has 4 nitrogen and oxygen atoms in total. The maximum Gasteiger partial charge on any atom is 0.326 e. The van der Waals surface area contributed by atoms with Gasteiger partial charge in [-0.15, -0.1) is 23.1 Å². The normalized spacial score (nSPS) is 18.8. The average molecular weight is 320 g/mol. The van der Waals surface area contributed by atoms with E-state index in [0.29, 0.717) is 18.7 Å². The molecular formula is C12H14ClNO3S2. The van der Waals surface area contributed by atoms with Crippen molar-refractivity contribution in [1.82, 2.24) is 4.90 Å². The Morgan fingerprint density at radius 2 is 2.32 bits per heavy atom. The first-order valence-corrected chi connectivity index (χ1v) is 8.27. The van der Waals surface area contributed by atoms with Crippen LogP contribution in [-0.2, 0) is 15.3 Å². The number of hydrogen-bond acceptors (Lipinski definition) is 4. The van der Waals surface area contributed by atoms with Crippen molar-refractivity contribution >= 4 is 46.6 Å². The maximum atomic E-state index is 12.0. The number of hydrogen-bond donors (Lipinski definition) is 1. The number of carbonyl (C=O) groups is 2. The number of nitrogens with zero attached hydrogens (tertiary/aromatic N) is 1. The quantitative estimate of drug-likeness (QED) is 0.906. The third-order valence-corrected chi connectivity index (χ3v) is 5.34. The molecule has 2 heterocycles. The fourth-order valence-corrected chi connectivity index (χ4v) is 4.18. The minimum atomic E-state index is -0.902. The summed E-state index contributed by atoms with van der Waals surface area (Å²) in [4.78, 5) is 25.6. The average Bonchev–Trinajstić information content (AvgIpc) is 2.97. The van der Waals surface area contributed by atoms with Gasteiger partial charge in [-0.1, -0.05) is 11.6 Å². The molecular weight excluding hydrogens is 306 g/mol. The molecule has 0 bridgehead atoms. The molecule has 0 saturated carbocycles. The van der Waals surface area contributed by atoms with Crippen molar-refractivity contribution in [1.29, 1.82) is 0 Å². The Kier molecular flexibility index (Phi) is 5.13. The van der Waals surface area contributed by atoms with Gasteiger partial charge in [0.15, 0.2) is 0 Å². The molecule has 2 rings (SSSR count). The Balaban J connectivity index is 1.79. The predicted molar refractivity (Wildman–Crippen MR) is 77.9 cm³/mol. The molecule has 1 aliphatic rings. The van der Waals surface area contributed by atoms with Crippen LogP contribution in [0.25, 0.3) is 0 Å². The van der Waals surface area contributed by atoms with E-state index in [-0.39, 0.29) is 5.91 Å². The molecule has 1 atom stereocenters. The van der Waals surface area contributed by atoms with Crippen LogP contribution in [0.3, 0.4) is 0 Å². The molecule has 0 aliphatic carbocycles. The first-order valence-electron chi connectivity index (χ1n) is 5.92. The van der Waals surface area contributed by atoms with Gasteiger partial charge >= 0.3 is 5.97 Å². The van der Waals surface area contributed by atoms with E-state index >= 15 is 0 Å². The topological polar surface area (TPSA) is 57.6 Å². The van der Waals surface area contributed by atoms with Crippen molar-refractivity contribution in [2.75, 3.05) is 12.3 Å². The largest absolute Gasteiger partial charge is 0.480 e. The second-order valence-electron chi connectivity index (χ2n) is 4.28. The molecule has 0 aromatic carbocycles. The third-order valence-electron chi connectivity index (χ3n) is 2.96. The Morgan fingerprint density at radius 1 is 1.53 bits per heavy atom. The number of aliphatic carboxylic acids is 1. The van der Waals surface area contributed by atoms with Crippen LogP contribution in [0.1, 0.15) is 17.7 Å². The highest BCUT2D eigenvalue weighted by atomic mass is 35.5. The summed E-state index contributed by atoms with van der Waals surface area (Å²) >= 11 is 8.83. The minimum absolute atomic E-state index is 0.0856. The zero-order valence-electron chi connectivity index (χ0n) is 10.2. The molecule has 1 aliphatic heterocycles. The molecule has 0 unspecified atom stereocenters. The van der Waals surface area contributed by atoms with Gasteiger partial charge in [0.1, 0.15) is 6.04 Å². The number of rotatable bonds is 5. The lowest BCUT2D eigenvalue weighted by Crippen LogP contribution is -2.41.